The third-order valence-corrected chi connectivity index (χ3v) is 6.99. The topological polar surface area (TPSA) is 57.6 Å². The van der Waals surface area contributed by atoms with Crippen molar-refractivity contribution in [2.45, 2.75) is 38.2 Å². The number of halogens is 1. The zero-order valence-electron chi connectivity index (χ0n) is 12.6. The van der Waals surface area contributed by atoms with Gasteiger partial charge in [0.25, 0.3) is 0 Å². The van der Waals surface area contributed by atoms with Crippen LogP contribution >= 0.6 is 15.9 Å². The molecule has 2 atom stereocenters. The lowest BCUT2D eigenvalue weighted by Gasteiger charge is -2.41. The minimum atomic E-state index is -3.57. The van der Waals surface area contributed by atoms with Crippen LogP contribution in [-0.2, 0) is 10.0 Å². The minimum absolute atomic E-state index is 0.0252. The monoisotopic (exact) mass is 375 g/mol. The smallest absolute Gasteiger partial charge is 0.244 e. The van der Waals surface area contributed by atoms with Crippen LogP contribution in [0.3, 0.4) is 0 Å². The minimum Gasteiger partial charge on any atom is -0.391 e. The van der Waals surface area contributed by atoms with Gasteiger partial charge in [0.15, 0.2) is 0 Å². The number of benzene rings is 1. The molecule has 4 nitrogen and oxygen atoms in total. The average molecular weight is 376 g/mol. The van der Waals surface area contributed by atoms with Crippen molar-refractivity contribution in [1.29, 1.82) is 0 Å². The Bertz CT molecular complexity index is 610. The molecular weight excluding hydrogens is 354 g/mol. The van der Waals surface area contributed by atoms with Crippen molar-refractivity contribution >= 4 is 26.0 Å². The number of nitrogens with zero attached hydrogens (tertiary/aromatic N) is 1. The molecule has 0 spiro atoms. The van der Waals surface area contributed by atoms with Gasteiger partial charge in [-0.1, -0.05) is 32.9 Å². The van der Waals surface area contributed by atoms with Crippen LogP contribution in [0, 0.1) is 11.3 Å². The molecule has 1 saturated heterocycles. The summed E-state index contributed by atoms with van der Waals surface area (Å²) >= 11 is 3.29. The largest absolute Gasteiger partial charge is 0.391 e. The maximum Gasteiger partial charge on any atom is 0.244 e. The van der Waals surface area contributed by atoms with Crippen LogP contribution in [0.2, 0.25) is 0 Å². The van der Waals surface area contributed by atoms with E-state index in [1.54, 1.807) is 24.3 Å². The number of aliphatic hydroxyl groups excluding tert-OH is 1. The number of sulfonamides is 1. The molecule has 118 valence electrons. The highest BCUT2D eigenvalue weighted by Crippen LogP contribution is 2.36. The molecule has 0 unspecified atom stereocenters. The summed E-state index contributed by atoms with van der Waals surface area (Å²) in [6.45, 7) is 6.85. The van der Waals surface area contributed by atoms with E-state index >= 15 is 0 Å². The second-order valence-electron chi connectivity index (χ2n) is 6.62. The summed E-state index contributed by atoms with van der Waals surface area (Å²) < 4.78 is 27.3. The Hall–Kier alpha value is -0.430. The van der Waals surface area contributed by atoms with Crippen LogP contribution in [0.4, 0.5) is 0 Å². The second-order valence-corrected chi connectivity index (χ2v) is 9.38. The summed E-state index contributed by atoms with van der Waals surface area (Å²) in [6.07, 6.45) is 0.0463. The van der Waals surface area contributed by atoms with Gasteiger partial charge in [0.1, 0.15) is 0 Å². The third kappa shape index (κ3) is 3.50. The first-order valence-corrected chi connectivity index (χ1v) is 9.30. The number of aliphatic hydroxyl groups is 1. The van der Waals surface area contributed by atoms with Crippen LogP contribution in [0.5, 0.6) is 0 Å². The van der Waals surface area contributed by atoms with Crippen LogP contribution < -0.4 is 0 Å². The quantitative estimate of drug-likeness (QED) is 0.864. The van der Waals surface area contributed by atoms with Gasteiger partial charge in [0, 0.05) is 17.6 Å². The van der Waals surface area contributed by atoms with E-state index in [-0.39, 0.29) is 22.8 Å². The molecule has 21 heavy (non-hydrogen) atoms. The van der Waals surface area contributed by atoms with Gasteiger partial charge in [0.05, 0.1) is 11.0 Å². The molecular formula is C15H22BrNO3S. The highest BCUT2D eigenvalue weighted by atomic mass is 79.9. The van der Waals surface area contributed by atoms with E-state index in [4.69, 9.17) is 0 Å². The summed E-state index contributed by atoms with van der Waals surface area (Å²) in [5.74, 6) is 0.114. The van der Waals surface area contributed by atoms with Gasteiger partial charge < -0.3 is 5.11 Å². The van der Waals surface area contributed by atoms with Crippen molar-refractivity contribution < 1.29 is 13.5 Å². The molecule has 0 amide bonds. The summed E-state index contributed by atoms with van der Waals surface area (Å²) in [5, 5.41) is 10.3. The van der Waals surface area contributed by atoms with E-state index in [0.29, 0.717) is 17.4 Å². The van der Waals surface area contributed by atoms with E-state index in [0.717, 1.165) is 0 Å². The molecule has 1 aliphatic heterocycles. The second kappa shape index (κ2) is 5.99. The number of hydrogen-bond acceptors (Lipinski definition) is 3. The predicted molar refractivity (Wildman–Crippen MR) is 86.5 cm³/mol. The van der Waals surface area contributed by atoms with E-state index in [1.807, 2.05) is 0 Å². The summed E-state index contributed by atoms with van der Waals surface area (Å²) in [4.78, 5) is 0.256. The Morgan fingerprint density at radius 1 is 1.29 bits per heavy atom. The van der Waals surface area contributed by atoms with E-state index in [1.165, 1.54) is 4.31 Å². The molecule has 0 bridgehead atoms. The van der Waals surface area contributed by atoms with Crippen molar-refractivity contribution in [2.24, 2.45) is 11.3 Å². The van der Waals surface area contributed by atoms with Gasteiger partial charge in [-0.3, -0.25) is 0 Å². The fourth-order valence-electron chi connectivity index (χ4n) is 2.92. The van der Waals surface area contributed by atoms with E-state index in [9.17, 15) is 13.5 Å². The zero-order chi connectivity index (χ0) is 15.8. The molecule has 1 heterocycles. The fourth-order valence-corrected chi connectivity index (χ4v) is 5.36. The normalized spacial score (nSPS) is 25.0. The van der Waals surface area contributed by atoms with Gasteiger partial charge in [-0.15, -0.1) is 0 Å². The number of β-amino-alcohol motifs (C(OH)–C–C–N with tert-alkyl or cyclic N) is 1. The Labute approximate surface area is 135 Å². The van der Waals surface area contributed by atoms with E-state index in [2.05, 4.69) is 36.7 Å². The lowest BCUT2D eigenvalue weighted by Crippen LogP contribution is -2.49. The average Bonchev–Trinajstić information content (AvgIpc) is 2.37. The maximum absolute atomic E-state index is 12.7. The number of piperidine rings is 1. The Balaban J connectivity index is 2.23. The van der Waals surface area contributed by atoms with Gasteiger partial charge in [-0.25, -0.2) is 8.42 Å². The van der Waals surface area contributed by atoms with Crippen molar-refractivity contribution in [3.63, 3.8) is 0 Å². The molecule has 0 saturated carbocycles. The van der Waals surface area contributed by atoms with Gasteiger partial charge in [0.2, 0.25) is 10.0 Å². The van der Waals surface area contributed by atoms with Crippen LogP contribution in [0.25, 0.3) is 0 Å². The summed E-state index contributed by atoms with van der Waals surface area (Å²) in [7, 11) is -3.57. The van der Waals surface area contributed by atoms with Crippen LogP contribution in [0.1, 0.15) is 27.2 Å². The molecule has 0 radical (unpaired) electrons. The van der Waals surface area contributed by atoms with Crippen molar-refractivity contribution in [3.05, 3.63) is 28.7 Å². The van der Waals surface area contributed by atoms with Gasteiger partial charge in [-0.2, -0.15) is 4.31 Å². The SMILES string of the molecule is CC(C)(C)[C@H]1CCN(S(=O)(=O)c2ccccc2Br)C[C@H]1O. The molecule has 1 aromatic rings. The van der Waals surface area contributed by atoms with E-state index < -0.39 is 16.1 Å². The lowest BCUT2D eigenvalue weighted by molar-refractivity contribution is -0.00210. The molecule has 1 aromatic carbocycles. The first-order chi connectivity index (χ1) is 9.64. The first-order valence-electron chi connectivity index (χ1n) is 7.07. The Kier molecular flexibility index (Phi) is 4.83. The number of hydrogen-bond donors (Lipinski definition) is 1. The van der Waals surface area contributed by atoms with Gasteiger partial charge in [-0.05, 0) is 45.8 Å². The molecule has 0 aromatic heterocycles. The zero-order valence-corrected chi connectivity index (χ0v) is 15.0. The Morgan fingerprint density at radius 2 is 1.90 bits per heavy atom. The molecule has 2 rings (SSSR count). The highest BCUT2D eigenvalue weighted by Gasteiger charge is 2.39. The molecule has 1 aliphatic rings. The standard InChI is InChI=1S/C15H22BrNO3S/c1-15(2,3)11-8-9-17(10-13(11)18)21(19,20)14-7-5-4-6-12(14)16/h4-7,11,13,18H,8-10H2,1-3H3/t11-,13+/m0/s1. The van der Waals surface area contributed by atoms with Crippen LogP contribution in [-0.4, -0.2) is 37.0 Å². The summed E-state index contributed by atoms with van der Waals surface area (Å²) in [5.41, 5.74) is -0.0252. The van der Waals surface area contributed by atoms with Crippen molar-refractivity contribution in [1.82, 2.24) is 4.31 Å². The lowest BCUT2D eigenvalue weighted by atomic mass is 9.74. The van der Waals surface area contributed by atoms with Crippen molar-refractivity contribution in [3.8, 4) is 0 Å². The predicted octanol–water partition coefficient (Wildman–Crippen LogP) is 2.87. The molecule has 6 heteroatoms. The first kappa shape index (κ1) is 16.9. The molecule has 1 fully saturated rings. The molecule has 1 N–H and O–H groups in total. The Morgan fingerprint density at radius 3 is 2.43 bits per heavy atom. The van der Waals surface area contributed by atoms with Crippen LogP contribution in [0.15, 0.2) is 33.6 Å². The molecule has 0 aliphatic carbocycles. The van der Waals surface area contributed by atoms with Gasteiger partial charge >= 0.3 is 0 Å². The fraction of sp³-hybridized carbons (Fsp3) is 0.600. The number of rotatable bonds is 2. The third-order valence-electron chi connectivity index (χ3n) is 4.11. The summed E-state index contributed by atoms with van der Waals surface area (Å²) in [6, 6.07) is 6.78. The highest BCUT2D eigenvalue weighted by molar-refractivity contribution is 9.10. The maximum atomic E-state index is 12.7. The van der Waals surface area contributed by atoms with Crippen molar-refractivity contribution in [2.75, 3.05) is 13.1 Å².